The second kappa shape index (κ2) is 7.95. The summed E-state index contributed by atoms with van der Waals surface area (Å²) in [5, 5.41) is 1.62. The normalized spacial score (nSPS) is 11.8. The van der Waals surface area contributed by atoms with Crippen LogP contribution in [-0.2, 0) is 12.7 Å². The van der Waals surface area contributed by atoms with Crippen molar-refractivity contribution in [1.82, 2.24) is 9.55 Å². The molecule has 6 nitrogen and oxygen atoms in total. The Balaban J connectivity index is 1.97. The number of pyridine rings is 1. The number of carbonyl (C=O) groups is 1. The summed E-state index contributed by atoms with van der Waals surface area (Å²) in [7, 11) is 0. The molecule has 0 aromatic carbocycles. The fourth-order valence-electron chi connectivity index (χ4n) is 2.36. The Morgan fingerprint density at radius 2 is 2.07 bits per heavy atom. The lowest BCUT2D eigenvalue weighted by molar-refractivity contribution is -0.134. The number of anilines is 1. The highest BCUT2D eigenvalue weighted by molar-refractivity contribution is 7.14. The van der Waals surface area contributed by atoms with E-state index in [-0.39, 0.29) is 33.4 Å². The highest BCUT2D eigenvalue weighted by atomic mass is 35.5. The number of alkyl halides is 5. The van der Waals surface area contributed by atoms with E-state index in [1.54, 1.807) is 0 Å². The van der Waals surface area contributed by atoms with Gasteiger partial charge in [-0.2, -0.15) is 13.2 Å². The Labute approximate surface area is 167 Å². The zero-order valence-corrected chi connectivity index (χ0v) is 15.5. The van der Waals surface area contributed by atoms with Gasteiger partial charge in [0.15, 0.2) is 0 Å². The van der Waals surface area contributed by atoms with E-state index in [0.29, 0.717) is 4.57 Å². The van der Waals surface area contributed by atoms with E-state index in [1.165, 1.54) is 6.20 Å². The lowest BCUT2D eigenvalue weighted by Gasteiger charge is -2.11. The number of hydrogen-bond acceptors (Lipinski definition) is 5. The summed E-state index contributed by atoms with van der Waals surface area (Å²) in [6.45, 7) is -0.973. The van der Waals surface area contributed by atoms with Gasteiger partial charge in [-0.05, 0) is 12.1 Å². The molecule has 3 aromatic heterocycles. The van der Waals surface area contributed by atoms with Crippen molar-refractivity contribution in [3.05, 3.63) is 55.9 Å². The minimum Gasteiger partial charge on any atom is -0.444 e. The van der Waals surface area contributed by atoms with Crippen LogP contribution in [0.4, 0.5) is 27.6 Å². The molecule has 29 heavy (non-hydrogen) atoms. The minimum atomic E-state index is -4.73. The van der Waals surface area contributed by atoms with Gasteiger partial charge in [-0.15, -0.1) is 11.3 Å². The van der Waals surface area contributed by atoms with Crippen LogP contribution in [-0.4, -0.2) is 21.9 Å². The summed E-state index contributed by atoms with van der Waals surface area (Å²) >= 11 is 5.66. The SMILES string of the molecule is O=C(Nc1cc(-c2ncco2)c(=O)n(CC(F)F)c1)c1cc(Cl)c(C(F)(F)F)s1. The fraction of sp³-hybridized carbons (Fsp3) is 0.188. The number of nitrogens with one attached hydrogen (secondary N) is 1. The molecule has 13 heteroatoms. The number of nitrogens with zero attached hydrogens (tertiary/aromatic N) is 2. The van der Waals surface area contributed by atoms with Gasteiger partial charge in [0.05, 0.1) is 28.3 Å². The predicted molar refractivity (Wildman–Crippen MR) is 94.5 cm³/mol. The van der Waals surface area contributed by atoms with Crippen LogP contribution >= 0.6 is 22.9 Å². The monoisotopic (exact) mass is 453 g/mol. The van der Waals surface area contributed by atoms with Crippen molar-refractivity contribution in [2.24, 2.45) is 0 Å². The second-order valence-corrected chi connectivity index (χ2v) is 7.03. The molecule has 1 N–H and O–H groups in total. The van der Waals surface area contributed by atoms with Crippen LogP contribution in [0.1, 0.15) is 14.5 Å². The van der Waals surface area contributed by atoms with Crippen molar-refractivity contribution in [2.45, 2.75) is 19.1 Å². The molecular formula is C16H9ClF5N3O3S. The van der Waals surface area contributed by atoms with Gasteiger partial charge in [-0.25, -0.2) is 13.8 Å². The number of rotatable bonds is 5. The van der Waals surface area contributed by atoms with Gasteiger partial charge in [0, 0.05) is 6.20 Å². The zero-order chi connectivity index (χ0) is 21.3. The Hall–Kier alpha value is -2.73. The van der Waals surface area contributed by atoms with Crippen LogP contribution in [0.5, 0.6) is 0 Å². The largest absolute Gasteiger partial charge is 0.444 e. The molecule has 0 atom stereocenters. The van der Waals surface area contributed by atoms with Crippen LogP contribution in [0.2, 0.25) is 5.02 Å². The molecule has 3 rings (SSSR count). The van der Waals surface area contributed by atoms with Crippen molar-refractivity contribution in [3.8, 4) is 11.5 Å². The molecule has 0 saturated heterocycles. The number of halogens is 6. The van der Waals surface area contributed by atoms with E-state index in [1.807, 2.05) is 0 Å². The molecule has 0 aliphatic carbocycles. The van der Waals surface area contributed by atoms with Crippen LogP contribution in [0.25, 0.3) is 11.5 Å². The van der Waals surface area contributed by atoms with Crippen molar-refractivity contribution < 1.29 is 31.2 Å². The Kier molecular flexibility index (Phi) is 5.75. The Morgan fingerprint density at radius 3 is 2.62 bits per heavy atom. The van der Waals surface area contributed by atoms with E-state index in [9.17, 15) is 31.5 Å². The maximum absolute atomic E-state index is 12.8. The summed E-state index contributed by atoms with van der Waals surface area (Å²) in [6, 6.07) is 1.96. The number of amides is 1. The Morgan fingerprint density at radius 1 is 1.34 bits per heavy atom. The first-order valence-electron chi connectivity index (χ1n) is 7.66. The standard InChI is InChI=1S/C16H9ClF5N3O3S/c17-9-4-10(29-12(9)16(20,21)22)13(26)24-7-3-8(14-23-1-2-28-14)15(27)25(5-7)6-11(18)19/h1-5,11H,6H2,(H,24,26). The molecule has 154 valence electrons. The third-order valence-corrected chi connectivity index (χ3v) is 5.10. The topological polar surface area (TPSA) is 77.1 Å². The van der Waals surface area contributed by atoms with Gasteiger partial charge in [0.25, 0.3) is 17.9 Å². The average molecular weight is 454 g/mol. The van der Waals surface area contributed by atoms with Gasteiger partial charge in [-0.1, -0.05) is 11.6 Å². The molecule has 0 unspecified atom stereocenters. The maximum atomic E-state index is 12.8. The van der Waals surface area contributed by atoms with Gasteiger partial charge in [0.2, 0.25) is 5.89 Å². The van der Waals surface area contributed by atoms with Crippen molar-refractivity contribution in [3.63, 3.8) is 0 Å². The molecule has 3 aromatic rings. The van der Waals surface area contributed by atoms with Crippen molar-refractivity contribution in [2.75, 3.05) is 5.32 Å². The maximum Gasteiger partial charge on any atom is 0.427 e. The quantitative estimate of drug-likeness (QED) is 0.565. The zero-order valence-electron chi connectivity index (χ0n) is 14.0. The average Bonchev–Trinajstić information content (AvgIpc) is 3.26. The molecule has 0 aliphatic heterocycles. The highest BCUT2D eigenvalue weighted by Gasteiger charge is 2.36. The van der Waals surface area contributed by atoms with Crippen LogP contribution in [0.15, 0.2) is 40.0 Å². The van der Waals surface area contributed by atoms with Crippen molar-refractivity contribution >= 4 is 34.5 Å². The van der Waals surface area contributed by atoms with E-state index < -0.39 is 40.5 Å². The predicted octanol–water partition coefficient (Wildman–Crippen LogP) is 4.75. The summed E-state index contributed by atoms with van der Waals surface area (Å²) in [6.07, 6.45) is -4.28. The molecule has 3 heterocycles. The molecule has 0 spiro atoms. The lowest BCUT2D eigenvalue weighted by Crippen LogP contribution is -2.25. The second-order valence-electron chi connectivity index (χ2n) is 5.57. The lowest BCUT2D eigenvalue weighted by atomic mass is 10.2. The van der Waals surface area contributed by atoms with Gasteiger partial charge < -0.3 is 14.3 Å². The minimum absolute atomic E-state index is 0.124. The van der Waals surface area contributed by atoms with Gasteiger partial charge in [-0.3, -0.25) is 9.59 Å². The summed E-state index contributed by atoms with van der Waals surface area (Å²) in [5.41, 5.74) is -1.18. The molecule has 0 fully saturated rings. The van der Waals surface area contributed by atoms with E-state index >= 15 is 0 Å². The molecule has 0 aliphatic rings. The fourth-order valence-corrected chi connectivity index (χ4v) is 3.57. The molecule has 0 radical (unpaired) electrons. The summed E-state index contributed by atoms with van der Waals surface area (Å²) in [4.78, 5) is 26.9. The van der Waals surface area contributed by atoms with Crippen LogP contribution in [0, 0.1) is 0 Å². The van der Waals surface area contributed by atoms with E-state index in [4.69, 9.17) is 16.0 Å². The first-order valence-corrected chi connectivity index (χ1v) is 8.86. The number of carbonyl (C=O) groups excluding carboxylic acids is 1. The van der Waals surface area contributed by atoms with Crippen LogP contribution in [0.3, 0.4) is 0 Å². The number of thiophene rings is 1. The third kappa shape index (κ3) is 4.65. The number of oxazole rings is 1. The molecule has 1 amide bonds. The molecular weight excluding hydrogens is 445 g/mol. The first-order chi connectivity index (χ1) is 13.6. The van der Waals surface area contributed by atoms with Crippen LogP contribution < -0.4 is 10.9 Å². The third-order valence-electron chi connectivity index (χ3n) is 3.51. The van der Waals surface area contributed by atoms with Gasteiger partial charge >= 0.3 is 6.18 Å². The Bertz CT molecular complexity index is 1090. The summed E-state index contributed by atoms with van der Waals surface area (Å²) < 4.78 is 69.8. The molecule has 0 bridgehead atoms. The molecule has 0 saturated carbocycles. The number of aromatic nitrogens is 2. The van der Waals surface area contributed by atoms with Crippen molar-refractivity contribution in [1.29, 1.82) is 0 Å². The van der Waals surface area contributed by atoms with Gasteiger partial charge in [0.1, 0.15) is 16.7 Å². The summed E-state index contributed by atoms with van der Waals surface area (Å²) in [5.74, 6) is -1.14. The van der Waals surface area contributed by atoms with E-state index in [2.05, 4.69) is 10.3 Å². The van der Waals surface area contributed by atoms with E-state index in [0.717, 1.165) is 24.6 Å². The smallest absolute Gasteiger partial charge is 0.427 e. The number of hydrogen-bond donors (Lipinski definition) is 1. The first kappa shape index (κ1) is 21.0. The highest BCUT2D eigenvalue weighted by Crippen LogP contribution is 2.40.